The second kappa shape index (κ2) is 23.8. The number of sulfonamides is 1. The Morgan fingerprint density at radius 1 is 0.789 bits per heavy atom. The smallest absolute Gasteiger partial charge is 0.380 e. The average molecular weight is 1260 g/mol. The highest BCUT2D eigenvalue weighted by molar-refractivity contribution is 14.1. The first-order valence-electron chi connectivity index (χ1n) is 24.5. The van der Waals surface area contributed by atoms with Gasteiger partial charge in [0.25, 0.3) is 19.9 Å². The van der Waals surface area contributed by atoms with Crippen molar-refractivity contribution < 1.29 is 45.9 Å². The summed E-state index contributed by atoms with van der Waals surface area (Å²) in [5.74, 6) is -0.168. The Morgan fingerprint density at radius 2 is 1.42 bits per heavy atom. The largest absolute Gasteiger partial charge is 0.501 e. The molecule has 0 bridgehead atoms. The predicted molar refractivity (Wildman–Crippen MR) is 304 cm³/mol. The third-order valence-electron chi connectivity index (χ3n) is 13.6. The normalized spacial score (nSPS) is 15.8. The molecule has 2 fully saturated rings. The number of sulfone groups is 2. The van der Waals surface area contributed by atoms with Crippen LogP contribution in [0.25, 0.3) is 22.4 Å². The van der Waals surface area contributed by atoms with Crippen molar-refractivity contribution in [3.8, 4) is 22.4 Å². The van der Waals surface area contributed by atoms with E-state index in [1.165, 1.54) is 36.0 Å². The molecule has 8 rings (SSSR count). The van der Waals surface area contributed by atoms with Crippen molar-refractivity contribution in [3.05, 3.63) is 132 Å². The molecule has 2 aliphatic heterocycles. The molecule has 23 heteroatoms. The van der Waals surface area contributed by atoms with Crippen LogP contribution in [0.15, 0.2) is 135 Å². The maximum absolute atomic E-state index is 15.8. The van der Waals surface area contributed by atoms with E-state index in [2.05, 4.69) is 19.8 Å². The number of aromatic nitrogens is 1. The predicted octanol–water partition coefficient (Wildman–Crippen LogP) is 12.1. The van der Waals surface area contributed by atoms with E-state index in [0.29, 0.717) is 84.2 Å². The molecule has 0 amide bonds. The molecule has 1 aromatic heterocycles. The zero-order valence-electron chi connectivity index (χ0n) is 42.0. The lowest BCUT2D eigenvalue weighted by atomic mass is 9.99. The molecule has 2 saturated heterocycles. The number of hydrogen-bond donors (Lipinski definition) is 2. The molecule has 0 aliphatic carbocycles. The van der Waals surface area contributed by atoms with Crippen LogP contribution in [0.4, 0.5) is 40.3 Å². The van der Waals surface area contributed by atoms with Gasteiger partial charge in [-0.25, -0.2) is 29.6 Å². The Bertz CT molecular complexity index is 3360. The van der Waals surface area contributed by atoms with Crippen molar-refractivity contribution >= 4 is 98.8 Å². The van der Waals surface area contributed by atoms with Gasteiger partial charge in [0.15, 0.2) is 9.84 Å². The maximum atomic E-state index is 15.8. The lowest BCUT2D eigenvalue weighted by Crippen LogP contribution is -2.46. The lowest BCUT2D eigenvalue weighted by Gasteiger charge is -2.37. The van der Waals surface area contributed by atoms with Gasteiger partial charge in [0.05, 0.1) is 27.3 Å². The fraction of sp³-hybridized carbons (Fsp3) is 0.358. The zero-order chi connectivity index (χ0) is 54.7. The number of rotatable bonds is 19. The first kappa shape index (κ1) is 57.6. The Kier molecular flexibility index (Phi) is 18.0. The van der Waals surface area contributed by atoms with E-state index in [9.17, 15) is 38.4 Å². The molecule has 0 radical (unpaired) electrons. The van der Waals surface area contributed by atoms with Crippen molar-refractivity contribution in [1.29, 1.82) is 0 Å². The van der Waals surface area contributed by atoms with Gasteiger partial charge >= 0.3 is 5.51 Å². The summed E-state index contributed by atoms with van der Waals surface area (Å²) >= 11 is 9.60. The van der Waals surface area contributed by atoms with E-state index in [1.54, 1.807) is 37.3 Å². The van der Waals surface area contributed by atoms with Crippen LogP contribution in [0.1, 0.15) is 44.8 Å². The Balaban J connectivity index is 0.983. The summed E-state index contributed by atoms with van der Waals surface area (Å²) in [6.45, 7) is 9.61. The molecule has 5 aromatic carbocycles. The number of alkyl halides is 3. The minimum atomic E-state index is -6.04. The Labute approximate surface area is 465 Å². The first-order valence-corrected chi connectivity index (χ1v) is 31.6. The molecule has 0 unspecified atom stereocenters. The van der Waals surface area contributed by atoms with Crippen LogP contribution in [0.5, 0.6) is 0 Å². The van der Waals surface area contributed by atoms with Gasteiger partial charge in [-0.15, -0.1) is 11.8 Å². The number of halogens is 6. The molecule has 2 aliphatic rings. The standard InChI is InChI=1S/C53H58ClF4IN6O7S4/c1-35(2)65-36(3)52(74(4,66)67)50(51(65)37-10-12-39(54)13-11-37)38-30-40(55)32-44(31-38)64-28-26-63(27-29-64)43-16-14-41(15-17-43)61-76(70,71)47-18-19-48(49(33-47)75(68,69)53(56,57)58)60-42(34-73-46-8-6-5-7-9-46)20-23-62-24-21-45(72-59)22-25-62/h5-19,30-33,35,42,45,60-61H,20-29,34H2,1-4H3/t42-/m1/s1. The molecule has 0 spiro atoms. The number of hydrogen-bond acceptors (Lipinski definition) is 12. The van der Waals surface area contributed by atoms with Gasteiger partial charge in [-0.3, -0.25) is 4.72 Å². The van der Waals surface area contributed by atoms with Crippen molar-refractivity contribution in [1.82, 2.24) is 9.47 Å². The molecule has 408 valence electrons. The molecule has 0 saturated carbocycles. The third-order valence-corrected chi connectivity index (χ3v) is 19.9. The fourth-order valence-corrected chi connectivity index (χ4v) is 14.8. The average Bonchev–Trinajstić information content (AvgIpc) is 3.71. The van der Waals surface area contributed by atoms with Gasteiger partial charge in [-0.2, -0.15) is 13.2 Å². The van der Waals surface area contributed by atoms with Crippen molar-refractivity contribution in [2.75, 3.05) is 77.7 Å². The van der Waals surface area contributed by atoms with Crippen LogP contribution in [0.2, 0.25) is 5.02 Å². The van der Waals surface area contributed by atoms with E-state index in [-0.39, 0.29) is 28.4 Å². The van der Waals surface area contributed by atoms with Crippen LogP contribution >= 0.6 is 46.4 Å². The number of benzene rings is 5. The van der Waals surface area contributed by atoms with Crippen molar-refractivity contribution in [2.45, 2.75) is 83.3 Å². The maximum Gasteiger partial charge on any atom is 0.501 e. The molecular weight excluding hydrogens is 1200 g/mol. The summed E-state index contributed by atoms with van der Waals surface area (Å²) in [7, 11) is -14.5. The lowest BCUT2D eigenvalue weighted by molar-refractivity contribution is -0.0435. The molecular formula is C53H58ClF4IN6O7S4. The highest BCUT2D eigenvalue weighted by Gasteiger charge is 2.48. The summed E-state index contributed by atoms with van der Waals surface area (Å²) in [6, 6.07) is 29.4. The summed E-state index contributed by atoms with van der Waals surface area (Å²) in [6.07, 6.45) is 3.39. The molecule has 1 atom stereocenters. The molecule has 2 N–H and O–H groups in total. The van der Waals surface area contributed by atoms with Gasteiger partial charge in [0, 0.05) is 108 Å². The number of anilines is 4. The SMILES string of the molecule is Cc1c(S(C)(=O)=O)c(-c2cc(F)cc(N3CCN(c4ccc(NS(=O)(=O)c5ccc(N[C@H](CCN6CCC(OI)CC6)CSc6ccccc6)c(S(=O)(=O)C(F)(F)F)c5)cc4)CC3)c2)c(-c2ccc(Cl)cc2)n1C(C)C. The number of likely N-dealkylation sites (tertiary alicyclic amines) is 1. The molecule has 76 heavy (non-hydrogen) atoms. The summed E-state index contributed by atoms with van der Waals surface area (Å²) in [5.41, 5.74) is -2.06. The van der Waals surface area contributed by atoms with Gasteiger partial charge in [-0.05, 0) is 136 Å². The van der Waals surface area contributed by atoms with Gasteiger partial charge in [-0.1, -0.05) is 41.9 Å². The quantitative estimate of drug-likeness (QED) is 0.0451. The van der Waals surface area contributed by atoms with Crippen LogP contribution in [0.3, 0.4) is 0 Å². The second-order valence-corrected chi connectivity index (χ2v) is 26.8. The van der Waals surface area contributed by atoms with E-state index in [4.69, 9.17) is 14.7 Å². The van der Waals surface area contributed by atoms with Crippen molar-refractivity contribution in [2.24, 2.45) is 0 Å². The van der Waals surface area contributed by atoms with Gasteiger partial charge in [0.2, 0.25) is 0 Å². The fourth-order valence-electron chi connectivity index (χ4n) is 9.85. The monoisotopic (exact) mass is 1260 g/mol. The second-order valence-electron chi connectivity index (χ2n) is 19.2. The third kappa shape index (κ3) is 13.3. The van der Waals surface area contributed by atoms with E-state index < -0.39 is 56.9 Å². The van der Waals surface area contributed by atoms with E-state index in [0.717, 1.165) is 60.5 Å². The number of nitrogens with zero attached hydrogens (tertiary/aromatic N) is 4. The van der Waals surface area contributed by atoms with Gasteiger partial charge in [0.1, 0.15) is 33.7 Å². The van der Waals surface area contributed by atoms with Crippen LogP contribution in [-0.2, 0) is 32.8 Å². The molecule has 13 nitrogen and oxygen atoms in total. The minimum absolute atomic E-state index is 0.0807. The summed E-state index contributed by atoms with van der Waals surface area (Å²) in [4.78, 5) is 5.43. The van der Waals surface area contributed by atoms with Gasteiger partial charge < -0.3 is 27.6 Å². The van der Waals surface area contributed by atoms with E-state index >= 15 is 4.39 Å². The van der Waals surface area contributed by atoms with Crippen LogP contribution < -0.4 is 19.8 Å². The van der Waals surface area contributed by atoms with Crippen molar-refractivity contribution in [3.63, 3.8) is 0 Å². The Hall–Kier alpha value is -4.56. The Morgan fingerprint density at radius 3 is 2.01 bits per heavy atom. The number of piperidine rings is 1. The highest BCUT2D eigenvalue weighted by atomic mass is 127. The number of thioether (sulfide) groups is 1. The number of piperazine rings is 1. The summed E-state index contributed by atoms with van der Waals surface area (Å²) in [5, 5.41) is 3.56. The molecule has 3 heterocycles. The van der Waals surface area contributed by atoms with Crippen LogP contribution in [-0.4, -0.2) is 110 Å². The summed E-state index contributed by atoms with van der Waals surface area (Å²) < 4.78 is 150. The molecule has 6 aromatic rings. The zero-order valence-corrected chi connectivity index (χ0v) is 48.2. The van der Waals surface area contributed by atoms with Crippen LogP contribution in [0, 0.1) is 12.7 Å². The minimum Gasteiger partial charge on any atom is -0.380 e. The topological polar surface area (TPSA) is 150 Å². The van der Waals surface area contributed by atoms with E-state index in [1.807, 2.05) is 88.8 Å². The number of nitrogens with one attached hydrogen (secondary N) is 2. The first-order chi connectivity index (χ1) is 35.9. The highest BCUT2D eigenvalue weighted by Crippen LogP contribution is 2.45.